The lowest BCUT2D eigenvalue weighted by atomic mass is 9.86. The number of hydrogen-bond acceptors (Lipinski definition) is 5. The van der Waals surface area contributed by atoms with Crippen LogP contribution in [0, 0.1) is 13.8 Å². The molecule has 27 heavy (non-hydrogen) atoms. The molecule has 1 aromatic carbocycles. The molecule has 0 amide bonds. The summed E-state index contributed by atoms with van der Waals surface area (Å²) in [5.74, 6) is -0.355. The Morgan fingerprint density at radius 3 is 2.41 bits per heavy atom. The largest absolute Gasteiger partial charge is 0.496 e. The first-order valence-electron chi connectivity index (χ1n) is 9.11. The maximum Gasteiger partial charge on any atom is 0.325 e. The zero-order valence-electron chi connectivity index (χ0n) is 16.0. The van der Waals surface area contributed by atoms with Gasteiger partial charge in [-0.2, -0.15) is 0 Å². The fourth-order valence-electron chi connectivity index (χ4n) is 3.70. The molecule has 2 N–H and O–H groups in total. The number of hydrogen-bond donors (Lipinski definition) is 2. The number of piperidine rings is 1. The van der Waals surface area contributed by atoms with Crippen molar-refractivity contribution in [1.82, 2.24) is 9.88 Å². The van der Waals surface area contributed by atoms with E-state index in [9.17, 15) is 15.0 Å². The average Bonchev–Trinajstić information content (AvgIpc) is 2.64. The van der Waals surface area contributed by atoms with Crippen molar-refractivity contribution in [3.63, 3.8) is 0 Å². The molecule has 1 atom stereocenters. The highest BCUT2D eigenvalue weighted by molar-refractivity contribution is 5.77. The van der Waals surface area contributed by atoms with E-state index >= 15 is 0 Å². The van der Waals surface area contributed by atoms with Crippen LogP contribution in [0.5, 0.6) is 5.75 Å². The summed E-state index contributed by atoms with van der Waals surface area (Å²) in [5.41, 5.74) is 2.28. The van der Waals surface area contributed by atoms with Gasteiger partial charge >= 0.3 is 5.97 Å². The number of aliphatic hydroxyl groups is 1. The number of carbonyl (C=O) groups is 1. The molecular weight excluding hydrogens is 344 g/mol. The minimum atomic E-state index is -1.02. The number of carboxylic acids is 1. The molecule has 2 heterocycles. The van der Waals surface area contributed by atoms with Crippen molar-refractivity contribution < 1.29 is 19.7 Å². The zero-order valence-corrected chi connectivity index (χ0v) is 16.0. The van der Waals surface area contributed by atoms with Gasteiger partial charge in [-0.05, 0) is 44.4 Å². The molecule has 1 aromatic heterocycles. The van der Waals surface area contributed by atoms with Crippen molar-refractivity contribution in [2.45, 2.75) is 38.3 Å². The van der Waals surface area contributed by atoms with Crippen LogP contribution in [0.15, 0.2) is 36.5 Å². The van der Waals surface area contributed by atoms with E-state index in [1.54, 1.807) is 19.4 Å². The third kappa shape index (κ3) is 3.96. The number of aryl methyl sites for hydroxylation is 2. The second-order valence-electron chi connectivity index (χ2n) is 7.27. The molecule has 0 aliphatic carbocycles. The number of likely N-dealkylation sites (tertiary alicyclic amines) is 1. The molecule has 144 valence electrons. The van der Waals surface area contributed by atoms with Crippen molar-refractivity contribution in [2.75, 3.05) is 20.2 Å². The Hall–Kier alpha value is -2.44. The zero-order chi connectivity index (χ0) is 19.6. The normalized spacial score (nSPS) is 18.1. The number of ether oxygens (including phenoxy) is 1. The molecule has 6 heteroatoms. The van der Waals surface area contributed by atoms with Gasteiger partial charge in [-0.3, -0.25) is 14.7 Å². The van der Waals surface area contributed by atoms with E-state index in [2.05, 4.69) is 4.98 Å². The van der Waals surface area contributed by atoms with Gasteiger partial charge in [0.15, 0.2) is 0 Å². The van der Waals surface area contributed by atoms with Crippen LogP contribution < -0.4 is 4.74 Å². The molecule has 0 bridgehead atoms. The molecule has 1 aliphatic heterocycles. The van der Waals surface area contributed by atoms with Gasteiger partial charge in [0.2, 0.25) is 0 Å². The summed E-state index contributed by atoms with van der Waals surface area (Å²) < 4.78 is 5.39. The number of benzene rings is 1. The van der Waals surface area contributed by atoms with Crippen molar-refractivity contribution in [2.24, 2.45) is 0 Å². The molecule has 1 fully saturated rings. The Bertz CT molecular complexity index is 811. The third-order valence-electron chi connectivity index (χ3n) is 5.29. The summed E-state index contributed by atoms with van der Waals surface area (Å²) in [4.78, 5) is 18.3. The fraction of sp³-hybridized carbons (Fsp3) is 0.429. The van der Waals surface area contributed by atoms with Crippen LogP contribution in [-0.4, -0.2) is 46.3 Å². The summed E-state index contributed by atoms with van der Waals surface area (Å²) in [6.45, 7) is 4.80. The molecule has 0 saturated carbocycles. The molecule has 1 aliphatic rings. The van der Waals surface area contributed by atoms with E-state index in [1.165, 1.54) is 0 Å². The maximum atomic E-state index is 12.1. The Kier molecular flexibility index (Phi) is 5.48. The van der Waals surface area contributed by atoms with E-state index in [4.69, 9.17) is 4.74 Å². The predicted molar refractivity (Wildman–Crippen MR) is 102 cm³/mol. The lowest BCUT2D eigenvalue weighted by Gasteiger charge is -2.40. The second-order valence-corrected chi connectivity index (χ2v) is 7.27. The van der Waals surface area contributed by atoms with Crippen LogP contribution in [0.1, 0.15) is 41.3 Å². The van der Waals surface area contributed by atoms with E-state index in [0.29, 0.717) is 42.9 Å². The molecule has 3 rings (SSSR count). The molecule has 6 nitrogen and oxygen atoms in total. The van der Waals surface area contributed by atoms with Crippen molar-refractivity contribution in [3.8, 4) is 5.75 Å². The van der Waals surface area contributed by atoms with Gasteiger partial charge in [0.25, 0.3) is 0 Å². The number of aromatic nitrogens is 1. The molecular formula is C21H26N2O4. The van der Waals surface area contributed by atoms with Crippen LogP contribution in [0.3, 0.4) is 0 Å². The summed E-state index contributed by atoms with van der Waals surface area (Å²) in [5, 5.41) is 20.9. The first kappa shape index (κ1) is 19.3. The monoisotopic (exact) mass is 370 g/mol. The predicted octanol–water partition coefficient (Wildman–Crippen LogP) is 2.82. The second kappa shape index (κ2) is 7.66. The van der Waals surface area contributed by atoms with Gasteiger partial charge in [0, 0.05) is 24.8 Å². The van der Waals surface area contributed by atoms with Gasteiger partial charge in [0.1, 0.15) is 17.4 Å². The number of pyridine rings is 1. The fourth-order valence-corrected chi connectivity index (χ4v) is 3.70. The minimum absolute atomic E-state index is 0.432. The Morgan fingerprint density at radius 1 is 1.19 bits per heavy atom. The average molecular weight is 370 g/mol. The first-order valence-corrected chi connectivity index (χ1v) is 9.11. The highest BCUT2D eigenvalue weighted by atomic mass is 16.5. The van der Waals surface area contributed by atoms with Crippen LogP contribution in [0.25, 0.3) is 0 Å². The number of rotatable bonds is 5. The molecule has 1 unspecified atom stereocenters. The van der Waals surface area contributed by atoms with Crippen molar-refractivity contribution in [3.05, 3.63) is 58.9 Å². The smallest absolute Gasteiger partial charge is 0.325 e. The highest BCUT2D eigenvalue weighted by Crippen LogP contribution is 2.37. The van der Waals surface area contributed by atoms with Gasteiger partial charge in [-0.1, -0.05) is 23.8 Å². The standard InChI is InChI=1S/C21H26N2O4/c1-14-4-6-17(27-3)16(12-14)19(20(24)25)23-10-8-21(26,9-11-23)18-7-5-15(2)13-22-18/h4-7,12-13,19,26H,8-11H2,1-3H3,(H,24,25). The Morgan fingerprint density at radius 2 is 1.85 bits per heavy atom. The topological polar surface area (TPSA) is 82.9 Å². The summed E-state index contributed by atoms with van der Waals surface area (Å²) >= 11 is 0. The number of nitrogens with zero attached hydrogens (tertiary/aromatic N) is 2. The van der Waals surface area contributed by atoms with Gasteiger partial charge in [-0.25, -0.2) is 0 Å². The molecule has 0 spiro atoms. The van der Waals surface area contributed by atoms with Crippen LogP contribution in [-0.2, 0) is 10.4 Å². The lowest BCUT2D eigenvalue weighted by molar-refractivity contribution is -0.146. The highest BCUT2D eigenvalue weighted by Gasteiger charge is 2.40. The van der Waals surface area contributed by atoms with Gasteiger partial charge in [-0.15, -0.1) is 0 Å². The van der Waals surface area contributed by atoms with Crippen LogP contribution >= 0.6 is 0 Å². The Labute approximate surface area is 159 Å². The molecule has 0 radical (unpaired) electrons. The van der Waals surface area contributed by atoms with Crippen LogP contribution in [0.4, 0.5) is 0 Å². The van der Waals surface area contributed by atoms with Crippen molar-refractivity contribution >= 4 is 5.97 Å². The van der Waals surface area contributed by atoms with Crippen molar-refractivity contribution in [1.29, 1.82) is 0 Å². The van der Waals surface area contributed by atoms with E-state index in [0.717, 1.165) is 11.1 Å². The number of aliphatic carboxylic acids is 1. The minimum Gasteiger partial charge on any atom is -0.496 e. The number of methoxy groups -OCH3 is 1. The van der Waals surface area contributed by atoms with E-state index in [-0.39, 0.29) is 0 Å². The summed E-state index contributed by atoms with van der Waals surface area (Å²) in [6.07, 6.45) is 2.61. The number of carboxylic acid groups (broad SMARTS) is 1. The molecule has 2 aromatic rings. The van der Waals surface area contributed by atoms with E-state index < -0.39 is 17.6 Å². The third-order valence-corrected chi connectivity index (χ3v) is 5.29. The quantitative estimate of drug-likeness (QED) is 0.842. The molecule has 1 saturated heterocycles. The van der Waals surface area contributed by atoms with E-state index in [1.807, 2.05) is 43.0 Å². The summed E-state index contributed by atoms with van der Waals surface area (Å²) in [6, 6.07) is 8.54. The Balaban J connectivity index is 1.83. The van der Waals surface area contributed by atoms with Gasteiger partial charge in [0.05, 0.1) is 12.8 Å². The first-order chi connectivity index (χ1) is 12.8. The lowest BCUT2D eigenvalue weighted by Crippen LogP contribution is -2.46. The van der Waals surface area contributed by atoms with Crippen LogP contribution in [0.2, 0.25) is 0 Å². The SMILES string of the molecule is COc1ccc(C)cc1C(C(=O)O)N1CCC(O)(c2ccc(C)cn2)CC1. The van der Waals surface area contributed by atoms with Gasteiger partial charge < -0.3 is 14.9 Å². The maximum absolute atomic E-state index is 12.1. The summed E-state index contributed by atoms with van der Waals surface area (Å²) in [7, 11) is 1.55.